The Morgan fingerprint density at radius 3 is 2.75 bits per heavy atom. The van der Waals surface area contributed by atoms with E-state index in [-0.39, 0.29) is 18.5 Å². The number of phenolic OH excluding ortho intramolecular Hbond substituents is 1. The maximum atomic E-state index is 12.5. The van der Waals surface area contributed by atoms with Crippen LogP contribution in [0.1, 0.15) is 5.56 Å². The Hall–Kier alpha value is -1.38. The third-order valence-corrected chi connectivity index (χ3v) is 1.55. The second-order valence-corrected chi connectivity index (χ2v) is 2.48. The van der Waals surface area contributed by atoms with Gasteiger partial charge in [-0.05, 0) is 11.6 Å². The molecular weight excluding hydrogens is 159 g/mol. The molecule has 0 radical (unpaired) electrons. The Labute approximate surface area is 69.6 Å². The fraction of sp³-hybridized carbons (Fsp3) is 0.222. The number of hydrogen-bond donors (Lipinski definition) is 1. The van der Waals surface area contributed by atoms with Crippen LogP contribution in [0.2, 0.25) is 0 Å². The van der Waals surface area contributed by atoms with E-state index >= 15 is 0 Å². The molecule has 0 fully saturated rings. The van der Waals surface area contributed by atoms with Gasteiger partial charge in [0, 0.05) is 6.42 Å². The summed E-state index contributed by atoms with van der Waals surface area (Å²) in [4.78, 5) is 9.96. The lowest BCUT2D eigenvalue weighted by molar-refractivity contribution is -0.111. The quantitative estimate of drug-likeness (QED) is 0.694. The van der Waals surface area contributed by atoms with Gasteiger partial charge in [-0.25, -0.2) is 4.39 Å². The number of aldehydes is 1. The number of carbonyl (C=O) groups excluding carboxylic acids is 1. The molecule has 0 bridgehead atoms. The topological polar surface area (TPSA) is 37.3 Å². The van der Waals surface area contributed by atoms with Crippen LogP contribution in [-0.2, 0) is 11.2 Å². The van der Waals surface area contributed by atoms with Crippen LogP contribution in [0.3, 0.4) is 0 Å². The van der Waals surface area contributed by atoms with Gasteiger partial charge < -0.3 is 9.90 Å². The molecule has 0 aliphatic rings. The van der Waals surface area contributed by atoms with Crippen LogP contribution in [0.25, 0.3) is 0 Å². The molecule has 0 amide bonds. The molecule has 1 atom stereocenters. The van der Waals surface area contributed by atoms with Crippen LogP contribution in [0.5, 0.6) is 5.75 Å². The van der Waals surface area contributed by atoms with Crippen LogP contribution >= 0.6 is 0 Å². The Morgan fingerprint density at radius 2 is 2.17 bits per heavy atom. The molecule has 1 aromatic rings. The van der Waals surface area contributed by atoms with Crippen molar-refractivity contribution in [3.63, 3.8) is 0 Å². The van der Waals surface area contributed by atoms with Gasteiger partial charge in [0.2, 0.25) is 0 Å². The van der Waals surface area contributed by atoms with Crippen molar-refractivity contribution in [2.45, 2.75) is 12.6 Å². The third kappa shape index (κ3) is 2.05. The van der Waals surface area contributed by atoms with E-state index in [9.17, 15) is 14.3 Å². The van der Waals surface area contributed by atoms with Crippen molar-refractivity contribution in [1.82, 2.24) is 0 Å². The SMILES string of the molecule is O=CC(F)Cc1ccccc1O. The zero-order valence-corrected chi connectivity index (χ0v) is 6.40. The summed E-state index contributed by atoms with van der Waals surface area (Å²) in [5, 5.41) is 9.17. The van der Waals surface area contributed by atoms with E-state index in [0.29, 0.717) is 5.56 Å². The number of hydrogen-bond acceptors (Lipinski definition) is 2. The van der Waals surface area contributed by atoms with E-state index in [1.165, 1.54) is 6.07 Å². The minimum Gasteiger partial charge on any atom is -0.508 e. The number of benzene rings is 1. The molecule has 1 N–H and O–H groups in total. The lowest BCUT2D eigenvalue weighted by Gasteiger charge is -2.02. The number of phenols is 1. The van der Waals surface area contributed by atoms with Crippen molar-refractivity contribution in [2.75, 3.05) is 0 Å². The summed E-state index contributed by atoms with van der Waals surface area (Å²) >= 11 is 0. The fourth-order valence-corrected chi connectivity index (χ4v) is 0.942. The zero-order chi connectivity index (χ0) is 8.97. The molecule has 1 rings (SSSR count). The average molecular weight is 168 g/mol. The summed E-state index contributed by atoms with van der Waals surface area (Å²) in [5.41, 5.74) is 0.456. The summed E-state index contributed by atoms with van der Waals surface area (Å²) < 4.78 is 12.5. The molecule has 0 spiro atoms. The number of alkyl halides is 1. The lowest BCUT2D eigenvalue weighted by atomic mass is 10.1. The second kappa shape index (κ2) is 3.85. The molecule has 0 saturated carbocycles. The van der Waals surface area contributed by atoms with Crippen molar-refractivity contribution in [2.24, 2.45) is 0 Å². The lowest BCUT2D eigenvalue weighted by Crippen LogP contribution is -2.05. The maximum Gasteiger partial charge on any atom is 0.159 e. The van der Waals surface area contributed by atoms with Gasteiger partial charge in [0.05, 0.1) is 0 Å². The predicted molar refractivity (Wildman–Crippen MR) is 42.8 cm³/mol. The number of para-hydroxylation sites is 1. The normalized spacial score (nSPS) is 12.4. The molecule has 1 aromatic carbocycles. The average Bonchev–Trinajstić information content (AvgIpc) is 2.09. The van der Waals surface area contributed by atoms with Crippen molar-refractivity contribution in [1.29, 1.82) is 0 Å². The van der Waals surface area contributed by atoms with Crippen molar-refractivity contribution >= 4 is 6.29 Å². The Morgan fingerprint density at radius 1 is 1.50 bits per heavy atom. The Kier molecular flexibility index (Phi) is 2.80. The van der Waals surface area contributed by atoms with Gasteiger partial charge in [-0.15, -0.1) is 0 Å². The Balaban J connectivity index is 2.75. The van der Waals surface area contributed by atoms with Gasteiger partial charge in [-0.3, -0.25) is 0 Å². The largest absolute Gasteiger partial charge is 0.508 e. The second-order valence-electron chi connectivity index (χ2n) is 2.48. The van der Waals surface area contributed by atoms with E-state index in [1.807, 2.05) is 0 Å². The summed E-state index contributed by atoms with van der Waals surface area (Å²) in [7, 11) is 0. The molecule has 2 nitrogen and oxygen atoms in total. The molecule has 0 saturated heterocycles. The van der Waals surface area contributed by atoms with Gasteiger partial charge in [-0.1, -0.05) is 18.2 Å². The van der Waals surface area contributed by atoms with Crippen molar-refractivity contribution in [3.05, 3.63) is 29.8 Å². The number of carbonyl (C=O) groups is 1. The van der Waals surface area contributed by atoms with Crippen molar-refractivity contribution < 1.29 is 14.3 Å². The van der Waals surface area contributed by atoms with Crippen LogP contribution in [0, 0.1) is 0 Å². The van der Waals surface area contributed by atoms with E-state index in [4.69, 9.17) is 0 Å². The number of halogens is 1. The third-order valence-electron chi connectivity index (χ3n) is 1.55. The highest BCUT2D eigenvalue weighted by Gasteiger charge is 2.07. The van der Waals surface area contributed by atoms with Crippen LogP contribution in [0.4, 0.5) is 4.39 Å². The molecule has 0 heterocycles. The van der Waals surface area contributed by atoms with Gasteiger partial charge in [0.25, 0.3) is 0 Å². The smallest absolute Gasteiger partial charge is 0.159 e. The molecule has 0 aromatic heterocycles. The fourth-order valence-electron chi connectivity index (χ4n) is 0.942. The molecule has 1 unspecified atom stereocenters. The Bertz CT molecular complexity index is 273. The van der Waals surface area contributed by atoms with Crippen LogP contribution in [0.15, 0.2) is 24.3 Å². The maximum absolute atomic E-state index is 12.5. The van der Waals surface area contributed by atoms with Crippen LogP contribution in [-0.4, -0.2) is 17.6 Å². The molecular formula is C9H9FO2. The highest BCUT2D eigenvalue weighted by molar-refractivity contribution is 5.57. The standard InChI is InChI=1S/C9H9FO2/c10-8(6-11)5-7-3-1-2-4-9(7)12/h1-4,6,8,12H,5H2. The predicted octanol–water partition coefficient (Wildman–Crippen LogP) is 1.47. The molecule has 0 aliphatic carbocycles. The van der Waals surface area contributed by atoms with E-state index in [0.717, 1.165) is 0 Å². The first-order valence-electron chi connectivity index (χ1n) is 3.60. The zero-order valence-electron chi connectivity index (χ0n) is 6.40. The summed E-state index contributed by atoms with van der Waals surface area (Å²) in [5.74, 6) is 0.0296. The van der Waals surface area contributed by atoms with Crippen molar-refractivity contribution in [3.8, 4) is 5.75 Å². The highest BCUT2D eigenvalue weighted by atomic mass is 19.1. The first kappa shape index (κ1) is 8.71. The minimum absolute atomic E-state index is 0.0296. The summed E-state index contributed by atoms with van der Waals surface area (Å²) in [6.45, 7) is 0. The van der Waals surface area contributed by atoms with Gasteiger partial charge >= 0.3 is 0 Å². The molecule has 12 heavy (non-hydrogen) atoms. The number of aromatic hydroxyl groups is 1. The van der Waals surface area contributed by atoms with E-state index in [2.05, 4.69) is 0 Å². The van der Waals surface area contributed by atoms with Gasteiger partial charge in [0.1, 0.15) is 5.75 Å². The monoisotopic (exact) mass is 168 g/mol. The highest BCUT2D eigenvalue weighted by Crippen LogP contribution is 2.17. The van der Waals surface area contributed by atoms with Gasteiger partial charge in [0.15, 0.2) is 12.5 Å². The first-order chi connectivity index (χ1) is 5.74. The minimum atomic E-state index is -1.53. The van der Waals surface area contributed by atoms with Crippen LogP contribution < -0.4 is 0 Å². The molecule has 64 valence electrons. The molecule has 3 heteroatoms. The number of rotatable bonds is 3. The van der Waals surface area contributed by atoms with E-state index in [1.54, 1.807) is 18.2 Å². The summed E-state index contributed by atoms with van der Waals surface area (Å²) in [6.07, 6.45) is -1.36. The van der Waals surface area contributed by atoms with E-state index < -0.39 is 6.17 Å². The summed E-state index contributed by atoms with van der Waals surface area (Å²) in [6, 6.07) is 6.39. The first-order valence-corrected chi connectivity index (χ1v) is 3.60. The molecule has 0 aliphatic heterocycles. The van der Waals surface area contributed by atoms with Gasteiger partial charge in [-0.2, -0.15) is 0 Å².